The summed E-state index contributed by atoms with van der Waals surface area (Å²) in [4.78, 5) is 4.75. The summed E-state index contributed by atoms with van der Waals surface area (Å²) in [6, 6.07) is 10.8. The van der Waals surface area contributed by atoms with E-state index in [1.807, 2.05) is 6.92 Å². The van der Waals surface area contributed by atoms with Crippen molar-refractivity contribution >= 4 is 39.8 Å². The van der Waals surface area contributed by atoms with E-state index in [0.29, 0.717) is 18.3 Å². The minimum atomic E-state index is -2.87. The predicted octanol–water partition coefficient (Wildman–Crippen LogP) is 3.32. The molecule has 1 aliphatic heterocycles. The number of sulfone groups is 1. The Morgan fingerprint density at radius 1 is 1.11 bits per heavy atom. The molecule has 3 rings (SSSR count). The minimum absolute atomic E-state index is 0. The van der Waals surface area contributed by atoms with Gasteiger partial charge in [0.1, 0.15) is 0 Å². The fourth-order valence-corrected chi connectivity index (χ4v) is 5.72. The van der Waals surface area contributed by atoms with Crippen LogP contribution < -0.4 is 10.6 Å². The molecule has 1 aliphatic carbocycles. The lowest BCUT2D eigenvalue weighted by molar-refractivity contribution is 0.333. The van der Waals surface area contributed by atoms with E-state index >= 15 is 0 Å². The zero-order chi connectivity index (χ0) is 18.4. The molecule has 2 fully saturated rings. The number of hydrogen-bond acceptors (Lipinski definition) is 3. The second-order valence-corrected chi connectivity index (χ2v) is 9.82. The first-order valence-corrected chi connectivity index (χ1v) is 11.7. The molecule has 1 aromatic carbocycles. The van der Waals surface area contributed by atoms with Gasteiger partial charge in [0.15, 0.2) is 15.8 Å². The maximum atomic E-state index is 11.6. The van der Waals surface area contributed by atoms with Crippen molar-refractivity contribution in [2.24, 2.45) is 10.9 Å². The summed E-state index contributed by atoms with van der Waals surface area (Å²) in [5.74, 6) is 2.58. The molecule has 0 amide bonds. The van der Waals surface area contributed by atoms with Crippen molar-refractivity contribution in [1.29, 1.82) is 0 Å². The van der Waals surface area contributed by atoms with Crippen LogP contribution in [0, 0.1) is 5.92 Å². The third-order valence-corrected chi connectivity index (χ3v) is 7.31. The summed E-state index contributed by atoms with van der Waals surface area (Å²) in [6.45, 7) is 3.63. The van der Waals surface area contributed by atoms with Gasteiger partial charge in [0.25, 0.3) is 0 Å². The lowest BCUT2D eigenvalue weighted by Crippen LogP contribution is -2.44. The van der Waals surface area contributed by atoms with Crippen LogP contribution >= 0.6 is 24.0 Å². The SMILES string of the molecule is CCNC(=NCC1CCC(c2ccccc2)CC1)NC1CCS(=O)(=O)C1.I. The van der Waals surface area contributed by atoms with E-state index in [9.17, 15) is 8.42 Å². The van der Waals surface area contributed by atoms with Gasteiger partial charge < -0.3 is 10.6 Å². The van der Waals surface area contributed by atoms with Gasteiger partial charge in [-0.3, -0.25) is 4.99 Å². The molecular weight excluding hydrogens is 473 g/mol. The van der Waals surface area contributed by atoms with E-state index in [1.165, 1.54) is 31.2 Å². The van der Waals surface area contributed by atoms with Crippen molar-refractivity contribution < 1.29 is 8.42 Å². The van der Waals surface area contributed by atoms with Gasteiger partial charge in [0, 0.05) is 19.1 Å². The molecule has 0 radical (unpaired) electrons. The van der Waals surface area contributed by atoms with E-state index in [1.54, 1.807) is 0 Å². The van der Waals surface area contributed by atoms with Gasteiger partial charge in [-0.2, -0.15) is 0 Å². The maximum absolute atomic E-state index is 11.6. The molecule has 1 atom stereocenters. The van der Waals surface area contributed by atoms with Crippen LogP contribution in [0.4, 0.5) is 0 Å². The average Bonchev–Trinajstić information content (AvgIpc) is 2.99. The molecule has 1 aromatic rings. The Kier molecular flexibility index (Phi) is 8.85. The summed E-state index contributed by atoms with van der Waals surface area (Å²) < 4.78 is 23.3. The van der Waals surface area contributed by atoms with E-state index in [0.717, 1.165) is 19.0 Å². The quantitative estimate of drug-likeness (QED) is 0.366. The Hall–Kier alpha value is -0.830. The number of guanidine groups is 1. The van der Waals surface area contributed by atoms with Crippen molar-refractivity contribution in [2.75, 3.05) is 24.6 Å². The number of nitrogens with one attached hydrogen (secondary N) is 2. The first kappa shape index (κ1) is 22.5. The highest BCUT2D eigenvalue weighted by Gasteiger charge is 2.28. The molecule has 2 aliphatic rings. The summed E-state index contributed by atoms with van der Waals surface area (Å²) in [5.41, 5.74) is 1.46. The highest BCUT2D eigenvalue weighted by molar-refractivity contribution is 14.0. The Morgan fingerprint density at radius 3 is 2.41 bits per heavy atom. The zero-order valence-corrected chi connectivity index (χ0v) is 19.2. The van der Waals surface area contributed by atoms with Crippen molar-refractivity contribution in [3.8, 4) is 0 Å². The van der Waals surface area contributed by atoms with Gasteiger partial charge >= 0.3 is 0 Å². The first-order chi connectivity index (χ1) is 12.6. The minimum Gasteiger partial charge on any atom is -0.357 e. The zero-order valence-electron chi connectivity index (χ0n) is 16.1. The van der Waals surface area contributed by atoms with Crippen LogP contribution in [0.5, 0.6) is 0 Å². The van der Waals surface area contributed by atoms with Crippen molar-refractivity contribution in [2.45, 2.75) is 51.0 Å². The fourth-order valence-electron chi connectivity index (χ4n) is 4.05. The molecule has 0 bridgehead atoms. The highest BCUT2D eigenvalue weighted by Crippen LogP contribution is 2.35. The van der Waals surface area contributed by atoms with Crippen LogP contribution in [0.3, 0.4) is 0 Å². The van der Waals surface area contributed by atoms with Crippen molar-refractivity contribution in [3.63, 3.8) is 0 Å². The van der Waals surface area contributed by atoms with Crippen LogP contribution in [0.1, 0.15) is 50.5 Å². The number of benzene rings is 1. The highest BCUT2D eigenvalue weighted by atomic mass is 127. The van der Waals surface area contributed by atoms with E-state index in [2.05, 4.69) is 41.0 Å². The molecule has 152 valence electrons. The van der Waals surface area contributed by atoms with E-state index in [4.69, 9.17) is 4.99 Å². The third-order valence-electron chi connectivity index (χ3n) is 5.54. The maximum Gasteiger partial charge on any atom is 0.191 e. The molecule has 1 unspecified atom stereocenters. The summed E-state index contributed by atoms with van der Waals surface area (Å²) in [6.07, 6.45) is 5.56. The predicted molar refractivity (Wildman–Crippen MR) is 123 cm³/mol. The van der Waals surface area contributed by atoms with Gasteiger partial charge in [-0.1, -0.05) is 30.3 Å². The van der Waals surface area contributed by atoms with Crippen LogP contribution in [-0.2, 0) is 9.84 Å². The largest absolute Gasteiger partial charge is 0.357 e. The molecule has 0 aromatic heterocycles. The second-order valence-electron chi connectivity index (χ2n) is 7.59. The smallest absolute Gasteiger partial charge is 0.191 e. The second kappa shape index (κ2) is 10.6. The lowest BCUT2D eigenvalue weighted by atomic mass is 9.79. The molecular formula is C20H32IN3O2S. The molecule has 27 heavy (non-hydrogen) atoms. The number of hydrogen-bond donors (Lipinski definition) is 2. The van der Waals surface area contributed by atoms with Crippen LogP contribution in [0.15, 0.2) is 35.3 Å². The Morgan fingerprint density at radius 2 is 1.81 bits per heavy atom. The van der Waals surface area contributed by atoms with Crippen LogP contribution in [0.25, 0.3) is 0 Å². The van der Waals surface area contributed by atoms with Crippen molar-refractivity contribution in [1.82, 2.24) is 10.6 Å². The first-order valence-electron chi connectivity index (χ1n) is 9.86. The van der Waals surface area contributed by atoms with Crippen molar-refractivity contribution in [3.05, 3.63) is 35.9 Å². The Labute approximate surface area is 180 Å². The van der Waals surface area contributed by atoms with Gasteiger partial charge in [0.05, 0.1) is 11.5 Å². The summed E-state index contributed by atoms with van der Waals surface area (Å²) >= 11 is 0. The fraction of sp³-hybridized carbons (Fsp3) is 0.650. The normalized spacial score (nSPS) is 27.6. The average molecular weight is 505 g/mol. The van der Waals surface area contributed by atoms with Gasteiger partial charge in [-0.25, -0.2) is 8.42 Å². The standard InChI is InChI=1S/C20H31N3O2S.HI/c1-2-21-20(23-19-12-13-26(24,25)15-19)22-14-16-8-10-18(11-9-16)17-6-4-3-5-7-17;/h3-7,16,18-19H,2,8-15H2,1H3,(H2,21,22,23);1H. The van der Waals surface area contributed by atoms with Gasteiger partial charge in [-0.05, 0) is 56.4 Å². The van der Waals surface area contributed by atoms with E-state index < -0.39 is 9.84 Å². The van der Waals surface area contributed by atoms with Gasteiger partial charge in [-0.15, -0.1) is 24.0 Å². The third kappa shape index (κ3) is 6.93. The van der Waals surface area contributed by atoms with E-state index in [-0.39, 0.29) is 41.5 Å². The number of rotatable bonds is 5. The molecule has 0 spiro atoms. The van der Waals surface area contributed by atoms with Gasteiger partial charge in [0.2, 0.25) is 0 Å². The molecule has 1 heterocycles. The Balaban J connectivity index is 0.00000261. The number of nitrogens with zero attached hydrogens (tertiary/aromatic N) is 1. The molecule has 5 nitrogen and oxygen atoms in total. The number of aliphatic imine (C=N–C) groups is 1. The lowest BCUT2D eigenvalue weighted by Gasteiger charge is -2.28. The van der Waals surface area contributed by atoms with Crippen LogP contribution in [0.2, 0.25) is 0 Å². The number of halogens is 1. The molecule has 1 saturated heterocycles. The summed E-state index contributed by atoms with van der Waals surface area (Å²) in [5, 5.41) is 6.56. The molecule has 7 heteroatoms. The summed E-state index contributed by atoms with van der Waals surface area (Å²) in [7, 11) is -2.87. The van der Waals surface area contributed by atoms with Crippen LogP contribution in [-0.4, -0.2) is 45.0 Å². The Bertz CT molecular complexity index is 701. The topological polar surface area (TPSA) is 70.6 Å². The molecule has 2 N–H and O–H groups in total. The molecule has 1 saturated carbocycles. The monoisotopic (exact) mass is 505 g/mol.